The number of benzene rings is 1. The van der Waals surface area contributed by atoms with Crippen LogP contribution >= 0.6 is 0 Å². The Hall–Kier alpha value is -2.64. The van der Waals surface area contributed by atoms with Gasteiger partial charge in [-0.05, 0) is 12.1 Å². The predicted octanol–water partition coefficient (Wildman–Crippen LogP) is 2.58. The smallest absolute Gasteiger partial charge is 0.395 e. The van der Waals surface area contributed by atoms with Gasteiger partial charge < -0.3 is 20.1 Å². The molecule has 0 aliphatic carbocycles. The van der Waals surface area contributed by atoms with Crippen LogP contribution < -0.4 is 20.1 Å². The summed E-state index contributed by atoms with van der Waals surface area (Å²) in [6.45, 7) is 0. The van der Waals surface area contributed by atoms with E-state index in [1.54, 1.807) is 19.3 Å². The maximum absolute atomic E-state index is 12.9. The molecule has 2 N–H and O–H groups in total. The lowest BCUT2D eigenvalue weighted by Gasteiger charge is -2.07. The Labute approximate surface area is 112 Å². The molecule has 1 aromatic heterocycles. The van der Waals surface area contributed by atoms with Crippen molar-refractivity contribution in [3.05, 3.63) is 30.6 Å². The van der Waals surface area contributed by atoms with E-state index in [9.17, 15) is 8.78 Å². The summed E-state index contributed by atoms with van der Waals surface area (Å²) in [6, 6.07) is 4.38. The molecule has 0 spiro atoms. The van der Waals surface area contributed by atoms with Gasteiger partial charge in [0.2, 0.25) is 0 Å². The van der Waals surface area contributed by atoms with Crippen LogP contribution in [0.5, 0.6) is 11.5 Å². The molecule has 1 aliphatic rings. The van der Waals surface area contributed by atoms with Crippen LogP contribution in [-0.2, 0) is 0 Å². The number of hydrogen-bond acceptors (Lipinski definition) is 6. The molecular weight excluding hydrogens is 270 g/mol. The number of hydrogen-bond donors (Lipinski definition) is 2. The fraction of sp³-hybridized carbons (Fsp3) is 0.167. The van der Waals surface area contributed by atoms with Gasteiger partial charge in [0.25, 0.3) is 0 Å². The summed E-state index contributed by atoms with van der Waals surface area (Å²) in [5.74, 6) is 1.03. The predicted molar refractivity (Wildman–Crippen MR) is 67.5 cm³/mol. The molecule has 0 bridgehead atoms. The van der Waals surface area contributed by atoms with Gasteiger partial charge in [0.1, 0.15) is 5.82 Å². The summed E-state index contributed by atoms with van der Waals surface area (Å²) in [5.41, 5.74) is 0.535. The van der Waals surface area contributed by atoms with Gasteiger partial charge in [-0.3, -0.25) is 4.98 Å². The number of ether oxygens (including phenoxy) is 2. The van der Waals surface area contributed by atoms with E-state index < -0.39 is 6.29 Å². The number of nitrogens with zero attached hydrogens (tertiary/aromatic N) is 2. The first-order chi connectivity index (χ1) is 9.55. The van der Waals surface area contributed by atoms with E-state index in [0.717, 1.165) is 0 Å². The molecule has 0 radical (unpaired) electrons. The van der Waals surface area contributed by atoms with Crippen LogP contribution in [0, 0.1) is 0 Å². The molecule has 0 amide bonds. The normalized spacial score (nSPS) is 14.9. The fourth-order valence-corrected chi connectivity index (χ4v) is 1.72. The standard InChI is InChI=1S/C12H10F2N4O2/c1-15-10-5-16-6-11(18-10)17-7-2-3-8-9(4-7)20-12(13,14)19-8/h2-6H,1H3,(H2,15,17,18). The average Bonchev–Trinajstić information content (AvgIpc) is 2.72. The molecule has 2 aromatic rings. The number of anilines is 3. The molecule has 1 aliphatic heterocycles. The summed E-state index contributed by atoms with van der Waals surface area (Å²) >= 11 is 0. The maximum Gasteiger partial charge on any atom is 0.586 e. The Morgan fingerprint density at radius 2 is 1.85 bits per heavy atom. The van der Waals surface area contributed by atoms with Crippen molar-refractivity contribution in [2.75, 3.05) is 17.7 Å². The van der Waals surface area contributed by atoms with Crippen molar-refractivity contribution < 1.29 is 18.3 Å². The largest absolute Gasteiger partial charge is 0.586 e. The summed E-state index contributed by atoms with van der Waals surface area (Å²) in [5, 5.41) is 5.79. The molecule has 0 saturated carbocycles. The third-order valence-electron chi connectivity index (χ3n) is 2.56. The summed E-state index contributed by atoms with van der Waals surface area (Å²) in [4.78, 5) is 8.19. The van der Waals surface area contributed by atoms with Gasteiger partial charge in [-0.15, -0.1) is 8.78 Å². The Kier molecular flexibility index (Phi) is 2.78. The highest BCUT2D eigenvalue weighted by Crippen LogP contribution is 2.42. The van der Waals surface area contributed by atoms with Gasteiger partial charge >= 0.3 is 6.29 Å². The quantitative estimate of drug-likeness (QED) is 0.900. The van der Waals surface area contributed by atoms with Crippen LogP contribution in [0.15, 0.2) is 30.6 Å². The highest BCUT2D eigenvalue weighted by molar-refractivity contribution is 5.62. The first kappa shape index (κ1) is 12.4. The van der Waals surface area contributed by atoms with Crippen molar-refractivity contribution in [2.45, 2.75) is 6.29 Å². The molecule has 1 aromatic carbocycles. The Morgan fingerprint density at radius 3 is 2.65 bits per heavy atom. The number of fused-ring (bicyclic) bond motifs is 1. The summed E-state index contributed by atoms with van der Waals surface area (Å²) in [6.07, 6.45) is -0.543. The molecule has 2 heterocycles. The van der Waals surface area contributed by atoms with Crippen LogP contribution in [0.25, 0.3) is 0 Å². The molecule has 8 heteroatoms. The third kappa shape index (κ3) is 2.40. The lowest BCUT2D eigenvalue weighted by atomic mass is 10.3. The van der Waals surface area contributed by atoms with Gasteiger partial charge in [0.05, 0.1) is 12.4 Å². The fourth-order valence-electron chi connectivity index (χ4n) is 1.72. The molecule has 0 atom stereocenters. The van der Waals surface area contributed by atoms with Crippen molar-refractivity contribution in [2.24, 2.45) is 0 Å². The van der Waals surface area contributed by atoms with Crippen molar-refractivity contribution in [1.29, 1.82) is 0 Å². The second-order valence-electron chi connectivity index (χ2n) is 3.99. The molecular formula is C12H10F2N4O2. The SMILES string of the molecule is CNc1cncc(Nc2ccc3c(c2)OC(F)(F)O3)n1. The first-order valence-electron chi connectivity index (χ1n) is 5.72. The minimum absolute atomic E-state index is 0.00407. The lowest BCUT2D eigenvalue weighted by Crippen LogP contribution is -2.25. The molecule has 6 nitrogen and oxygen atoms in total. The topological polar surface area (TPSA) is 68.3 Å². The van der Waals surface area contributed by atoms with Crippen LogP contribution in [0.3, 0.4) is 0 Å². The number of rotatable bonds is 3. The Bertz CT molecular complexity index is 651. The molecule has 20 heavy (non-hydrogen) atoms. The summed E-state index contributed by atoms with van der Waals surface area (Å²) < 4.78 is 34.5. The molecule has 0 unspecified atom stereocenters. The average molecular weight is 280 g/mol. The van der Waals surface area contributed by atoms with Crippen LogP contribution in [0.4, 0.5) is 26.1 Å². The minimum Gasteiger partial charge on any atom is -0.395 e. The first-order valence-corrected chi connectivity index (χ1v) is 5.72. The van der Waals surface area contributed by atoms with E-state index in [0.29, 0.717) is 17.3 Å². The van der Waals surface area contributed by atoms with Crippen LogP contribution in [-0.4, -0.2) is 23.3 Å². The molecule has 104 valence electrons. The zero-order valence-corrected chi connectivity index (χ0v) is 10.4. The van der Waals surface area contributed by atoms with E-state index in [-0.39, 0.29) is 11.5 Å². The maximum atomic E-state index is 12.9. The second kappa shape index (κ2) is 4.48. The van der Waals surface area contributed by atoms with Gasteiger partial charge in [0.15, 0.2) is 17.3 Å². The Morgan fingerprint density at radius 1 is 1.10 bits per heavy atom. The number of aromatic nitrogens is 2. The number of alkyl halides is 2. The zero-order valence-electron chi connectivity index (χ0n) is 10.4. The van der Waals surface area contributed by atoms with Gasteiger partial charge in [-0.1, -0.05) is 0 Å². The van der Waals surface area contributed by atoms with Gasteiger partial charge in [-0.25, -0.2) is 4.98 Å². The van der Waals surface area contributed by atoms with E-state index in [1.807, 2.05) is 0 Å². The molecule has 0 fully saturated rings. The van der Waals surface area contributed by atoms with Crippen molar-refractivity contribution >= 4 is 17.3 Å². The minimum atomic E-state index is -3.62. The zero-order chi connectivity index (χ0) is 14.2. The van der Waals surface area contributed by atoms with E-state index in [4.69, 9.17) is 0 Å². The van der Waals surface area contributed by atoms with Crippen LogP contribution in [0.2, 0.25) is 0 Å². The van der Waals surface area contributed by atoms with Crippen molar-refractivity contribution in [3.8, 4) is 11.5 Å². The van der Waals surface area contributed by atoms with E-state index in [2.05, 4.69) is 30.1 Å². The van der Waals surface area contributed by atoms with Gasteiger partial charge in [0, 0.05) is 18.8 Å². The highest BCUT2D eigenvalue weighted by atomic mass is 19.3. The Balaban J connectivity index is 1.82. The monoisotopic (exact) mass is 280 g/mol. The van der Waals surface area contributed by atoms with E-state index >= 15 is 0 Å². The lowest BCUT2D eigenvalue weighted by molar-refractivity contribution is -0.286. The third-order valence-corrected chi connectivity index (χ3v) is 2.56. The second-order valence-corrected chi connectivity index (χ2v) is 3.99. The van der Waals surface area contributed by atoms with Crippen LogP contribution in [0.1, 0.15) is 0 Å². The highest BCUT2D eigenvalue weighted by Gasteiger charge is 2.43. The van der Waals surface area contributed by atoms with Crippen molar-refractivity contribution in [1.82, 2.24) is 9.97 Å². The number of halogens is 2. The van der Waals surface area contributed by atoms with Gasteiger partial charge in [-0.2, -0.15) is 0 Å². The molecule has 3 rings (SSSR count). The summed E-state index contributed by atoms with van der Waals surface area (Å²) in [7, 11) is 1.72. The van der Waals surface area contributed by atoms with E-state index in [1.165, 1.54) is 18.3 Å². The van der Waals surface area contributed by atoms with Crippen molar-refractivity contribution in [3.63, 3.8) is 0 Å². The number of nitrogens with one attached hydrogen (secondary N) is 2. The molecule has 0 saturated heterocycles.